The Balaban J connectivity index is 8.73. The highest BCUT2D eigenvalue weighted by Crippen LogP contribution is 2.55. The van der Waals surface area contributed by atoms with Gasteiger partial charge in [0.25, 0.3) is 0 Å². The summed E-state index contributed by atoms with van der Waals surface area (Å²) in [4.78, 5) is 89.1. The van der Waals surface area contributed by atoms with Gasteiger partial charge in [0.15, 0.2) is 0 Å². The molecule has 0 radical (unpaired) electrons. The predicted molar refractivity (Wildman–Crippen MR) is 270 cm³/mol. The second-order valence-corrected chi connectivity index (χ2v) is 25.9. The Morgan fingerprint density at radius 2 is 0.397 bits per heavy atom. The van der Waals surface area contributed by atoms with E-state index in [0.717, 1.165) is 0 Å². The molecule has 0 amide bonds. The molecule has 5 atom stereocenters. The summed E-state index contributed by atoms with van der Waals surface area (Å²) in [5.74, 6) is -3.62. The molecule has 0 rings (SSSR count). The lowest BCUT2D eigenvalue weighted by atomic mass is 9.58. The first-order valence-electron chi connectivity index (χ1n) is 25.6. The van der Waals surface area contributed by atoms with Crippen molar-refractivity contribution in [1.82, 2.24) is 0 Å². The second-order valence-electron chi connectivity index (χ2n) is 25.9. The van der Waals surface area contributed by atoms with Crippen molar-refractivity contribution >= 4 is 35.8 Å². The molecule has 0 aromatic heterocycles. The molecule has 0 N–H and O–H groups in total. The molecule has 0 spiro atoms. The van der Waals surface area contributed by atoms with Crippen molar-refractivity contribution in [2.75, 3.05) is 0 Å². The molecule has 398 valence electrons. The molecule has 0 heterocycles. The van der Waals surface area contributed by atoms with E-state index in [2.05, 4.69) is 0 Å². The van der Waals surface area contributed by atoms with Gasteiger partial charge in [-0.15, -0.1) is 0 Å². The van der Waals surface area contributed by atoms with E-state index in [1.807, 2.05) is 90.0 Å². The predicted octanol–water partition coefficient (Wildman–Crippen LogP) is 13.8. The minimum Gasteiger partial charge on any atom is -0.459 e. The number of ether oxygens (including phenoxy) is 6. The van der Waals surface area contributed by atoms with E-state index in [0.29, 0.717) is 44.9 Å². The summed E-state index contributed by atoms with van der Waals surface area (Å²) in [6.45, 7) is 47.0. The molecule has 0 aromatic rings. The van der Waals surface area contributed by atoms with Crippen molar-refractivity contribution in [2.45, 2.75) is 291 Å². The zero-order valence-corrected chi connectivity index (χ0v) is 48.4. The van der Waals surface area contributed by atoms with Crippen molar-refractivity contribution in [2.24, 2.45) is 32.5 Å². The van der Waals surface area contributed by atoms with Crippen molar-refractivity contribution in [1.29, 1.82) is 0 Å². The van der Waals surface area contributed by atoms with E-state index in [-0.39, 0.29) is 32.1 Å². The highest BCUT2D eigenvalue weighted by Gasteiger charge is 2.59. The molecule has 5 unspecified atom stereocenters. The van der Waals surface area contributed by atoms with Crippen LogP contribution in [0.25, 0.3) is 0 Å². The van der Waals surface area contributed by atoms with Crippen LogP contribution in [0.2, 0.25) is 0 Å². The zero-order valence-electron chi connectivity index (χ0n) is 48.4. The van der Waals surface area contributed by atoms with E-state index in [4.69, 9.17) is 28.4 Å². The lowest BCUT2D eigenvalue weighted by Crippen LogP contribution is -2.52. The van der Waals surface area contributed by atoms with Crippen LogP contribution in [0.5, 0.6) is 0 Å². The quantitative estimate of drug-likeness (QED) is 0.0517. The van der Waals surface area contributed by atoms with Crippen molar-refractivity contribution in [3.05, 3.63) is 0 Å². The van der Waals surface area contributed by atoms with Gasteiger partial charge >= 0.3 is 35.8 Å². The lowest BCUT2D eigenvalue weighted by Gasteiger charge is -2.47. The van der Waals surface area contributed by atoms with Crippen LogP contribution in [0.4, 0.5) is 0 Å². The Morgan fingerprint density at radius 3 is 0.588 bits per heavy atom. The third kappa shape index (κ3) is 18.5. The molecule has 12 heteroatoms. The Hall–Kier alpha value is -3.18. The minimum absolute atomic E-state index is 0.0711. The average molecular weight is 967 g/mol. The van der Waals surface area contributed by atoms with Gasteiger partial charge in [0, 0.05) is 0 Å². The van der Waals surface area contributed by atoms with Crippen LogP contribution < -0.4 is 0 Å². The third-order valence-electron chi connectivity index (χ3n) is 15.1. The third-order valence-corrected chi connectivity index (χ3v) is 15.1. The monoisotopic (exact) mass is 967 g/mol. The Morgan fingerprint density at radius 1 is 0.235 bits per heavy atom. The number of esters is 6. The summed E-state index contributed by atoms with van der Waals surface area (Å²) < 4.78 is 37.4. The average Bonchev–Trinajstić information content (AvgIpc) is 3.19. The molecule has 0 aliphatic heterocycles. The second kappa shape index (κ2) is 22.9. The molecular formula is C56H102O12. The van der Waals surface area contributed by atoms with Gasteiger partial charge < -0.3 is 28.4 Å². The standard InChI is InChI=1S/C56H102O12/c1-27-46(10,11)63-39(57)45(8,9)34-53(23,41(59)65-48(14,15)29-3)36-55(25,43(61)67-50(18,19)31-5)38-56(26,44(62)68-51(20,21)32-6)37-54(24,42(60)66-49(16,17)30-4)35-52(22,33-7)40(58)64-47(12,13)28-2/h27-38H2,1-26H3. The summed E-state index contributed by atoms with van der Waals surface area (Å²) in [5.41, 5.74) is -14.3. The fourth-order valence-electron chi connectivity index (χ4n) is 8.35. The van der Waals surface area contributed by atoms with Gasteiger partial charge in [0.2, 0.25) is 0 Å². The zero-order chi connectivity index (χ0) is 54.2. The molecule has 0 aliphatic rings. The van der Waals surface area contributed by atoms with Gasteiger partial charge in [-0.05, 0) is 209 Å². The molecule has 68 heavy (non-hydrogen) atoms. The first-order chi connectivity index (χ1) is 30.2. The summed E-state index contributed by atoms with van der Waals surface area (Å²) in [5, 5.41) is 0. The molecule has 0 saturated heterocycles. The van der Waals surface area contributed by atoms with Gasteiger partial charge in [-0.1, -0.05) is 48.5 Å². The first kappa shape index (κ1) is 64.8. The smallest absolute Gasteiger partial charge is 0.312 e. The van der Waals surface area contributed by atoms with Crippen LogP contribution >= 0.6 is 0 Å². The van der Waals surface area contributed by atoms with Crippen LogP contribution in [-0.2, 0) is 57.2 Å². The topological polar surface area (TPSA) is 158 Å². The van der Waals surface area contributed by atoms with Gasteiger partial charge in [-0.3, -0.25) is 28.8 Å². The molecule has 0 aliphatic carbocycles. The molecule has 12 nitrogen and oxygen atoms in total. The summed E-state index contributed by atoms with van der Waals surface area (Å²) in [6, 6.07) is 0. The van der Waals surface area contributed by atoms with Crippen molar-refractivity contribution in [3.8, 4) is 0 Å². The van der Waals surface area contributed by atoms with E-state index in [9.17, 15) is 14.4 Å². The summed E-state index contributed by atoms with van der Waals surface area (Å²) >= 11 is 0. The summed E-state index contributed by atoms with van der Waals surface area (Å²) in [6.07, 6.45) is 2.37. The number of hydrogen-bond donors (Lipinski definition) is 0. The Kier molecular flexibility index (Phi) is 21.9. The van der Waals surface area contributed by atoms with Crippen LogP contribution in [0.1, 0.15) is 257 Å². The lowest BCUT2D eigenvalue weighted by molar-refractivity contribution is -0.188. The van der Waals surface area contributed by atoms with Crippen LogP contribution in [0, 0.1) is 32.5 Å². The van der Waals surface area contributed by atoms with Crippen LogP contribution in [-0.4, -0.2) is 69.4 Å². The Bertz CT molecular complexity index is 1750. The molecular weight excluding hydrogens is 865 g/mol. The van der Waals surface area contributed by atoms with Crippen LogP contribution in [0.3, 0.4) is 0 Å². The highest BCUT2D eigenvalue weighted by atomic mass is 16.6. The molecule has 0 aromatic carbocycles. The number of hydrogen-bond acceptors (Lipinski definition) is 12. The maximum atomic E-state index is 15.4. The SMILES string of the molecule is CCC(C)(C)OC(=O)C(C)(C)CC(C)(CC(C)(CC(C)(CC(C)(CC(C)(CC)C(=O)OC(C)(C)CC)C(=O)OC(C)(C)CC)C(=O)OC(C)(C)CC)C(=O)OC(C)(C)CC)C(=O)OC(C)(C)CC. The molecule has 0 fully saturated rings. The van der Waals surface area contributed by atoms with E-state index in [1.54, 1.807) is 90.0 Å². The molecule has 0 bridgehead atoms. The Labute approximate surface area is 414 Å². The normalized spacial score (nSPS) is 17.7. The van der Waals surface area contributed by atoms with Crippen molar-refractivity contribution in [3.63, 3.8) is 0 Å². The largest absolute Gasteiger partial charge is 0.459 e. The van der Waals surface area contributed by atoms with Crippen LogP contribution in [0.15, 0.2) is 0 Å². The van der Waals surface area contributed by atoms with E-state index < -0.39 is 102 Å². The van der Waals surface area contributed by atoms with Crippen molar-refractivity contribution < 1.29 is 57.2 Å². The maximum Gasteiger partial charge on any atom is 0.312 e. The minimum atomic E-state index is -1.69. The number of carbonyl (C=O) groups excluding carboxylic acids is 6. The summed E-state index contributed by atoms with van der Waals surface area (Å²) in [7, 11) is 0. The highest BCUT2D eigenvalue weighted by molar-refractivity contribution is 5.86. The van der Waals surface area contributed by atoms with Gasteiger partial charge in [0.05, 0.1) is 32.5 Å². The van der Waals surface area contributed by atoms with Gasteiger partial charge in [-0.25, -0.2) is 0 Å². The van der Waals surface area contributed by atoms with E-state index >= 15 is 14.4 Å². The number of carbonyl (C=O) groups is 6. The number of rotatable bonds is 29. The maximum absolute atomic E-state index is 15.4. The van der Waals surface area contributed by atoms with Gasteiger partial charge in [-0.2, -0.15) is 0 Å². The first-order valence-corrected chi connectivity index (χ1v) is 25.6. The van der Waals surface area contributed by atoms with Gasteiger partial charge in [0.1, 0.15) is 33.6 Å². The van der Waals surface area contributed by atoms with E-state index in [1.165, 1.54) is 0 Å². The fourth-order valence-corrected chi connectivity index (χ4v) is 8.35. The fraction of sp³-hybridized carbons (Fsp3) is 0.893. The molecule has 0 saturated carbocycles.